The van der Waals surface area contributed by atoms with Crippen LogP contribution in [-0.4, -0.2) is 48.8 Å². The average molecular weight is 214 g/mol. The third-order valence-corrected chi connectivity index (χ3v) is 3.44. The van der Waals surface area contributed by atoms with Crippen molar-refractivity contribution in [1.29, 1.82) is 0 Å². The Kier molecular flexibility index (Phi) is 6.22. The molecule has 1 aliphatic rings. The molecule has 90 valence electrons. The lowest BCUT2D eigenvalue weighted by Crippen LogP contribution is -2.38. The molecule has 1 aliphatic heterocycles. The molecule has 0 bridgehead atoms. The topological polar surface area (TPSA) is 35.5 Å². The van der Waals surface area contributed by atoms with Gasteiger partial charge in [-0.25, -0.2) is 0 Å². The second-order valence-corrected chi connectivity index (χ2v) is 4.60. The van der Waals surface area contributed by atoms with E-state index in [1.165, 1.54) is 32.5 Å². The van der Waals surface area contributed by atoms with Crippen LogP contribution in [0.1, 0.15) is 33.1 Å². The van der Waals surface area contributed by atoms with Crippen LogP contribution in [0.25, 0.3) is 0 Å². The Hall–Kier alpha value is -0.120. The summed E-state index contributed by atoms with van der Waals surface area (Å²) in [6.07, 6.45) is 3.30. The van der Waals surface area contributed by atoms with Crippen molar-refractivity contribution in [2.75, 3.05) is 32.7 Å². The second-order valence-electron chi connectivity index (χ2n) is 4.60. The average Bonchev–Trinajstić information content (AvgIpc) is 2.29. The molecular weight excluding hydrogens is 188 g/mol. The Labute approximate surface area is 93.9 Å². The van der Waals surface area contributed by atoms with Crippen molar-refractivity contribution >= 4 is 0 Å². The van der Waals surface area contributed by atoms with Gasteiger partial charge in [0, 0.05) is 6.54 Å². The second kappa shape index (κ2) is 7.20. The van der Waals surface area contributed by atoms with Crippen LogP contribution in [0.2, 0.25) is 0 Å². The molecule has 0 spiro atoms. The van der Waals surface area contributed by atoms with E-state index in [-0.39, 0.29) is 6.10 Å². The molecule has 1 fully saturated rings. The van der Waals surface area contributed by atoms with E-state index in [0.717, 1.165) is 25.4 Å². The number of aliphatic hydroxyl groups is 1. The van der Waals surface area contributed by atoms with Crippen molar-refractivity contribution in [2.24, 2.45) is 5.92 Å². The van der Waals surface area contributed by atoms with Crippen LogP contribution >= 0.6 is 0 Å². The van der Waals surface area contributed by atoms with E-state index in [0.29, 0.717) is 0 Å². The summed E-state index contributed by atoms with van der Waals surface area (Å²) >= 11 is 0. The highest BCUT2D eigenvalue weighted by atomic mass is 16.3. The fourth-order valence-corrected chi connectivity index (χ4v) is 2.11. The van der Waals surface area contributed by atoms with Crippen LogP contribution < -0.4 is 5.32 Å². The fraction of sp³-hybridized carbons (Fsp3) is 1.00. The van der Waals surface area contributed by atoms with E-state index in [9.17, 15) is 5.11 Å². The molecule has 0 aliphatic carbocycles. The molecule has 2 N–H and O–H groups in total. The maximum absolute atomic E-state index is 9.40. The number of nitrogens with zero attached hydrogens (tertiary/aromatic N) is 1. The Balaban J connectivity index is 2.03. The SMILES string of the molecule is CCC(O)CNCC1CCN(CC)CC1. The highest BCUT2D eigenvalue weighted by Gasteiger charge is 2.17. The number of aliphatic hydroxyl groups excluding tert-OH is 1. The van der Waals surface area contributed by atoms with Crippen LogP contribution in [0.3, 0.4) is 0 Å². The summed E-state index contributed by atoms with van der Waals surface area (Å²) in [5.74, 6) is 0.817. The van der Waals surface area contributed by atoms with Crippen molar-refractivity contribution in [1.82, 2.24) is 10.2 Å². The molecule has 1 atom stereocenters. The van der Waals surface area contributed by atoms with Crippen LogP contribution in [0.4, 0.5) is 0 Å². The van der Waals surface area contributed by atoms with Gasteiger partial charge in [0.15, 0.2) is 0 Å². The Bertz CT molecular complexity index is 156. The van der Waals surface area contributed by atoms with Crippen LogP contribution in [0.15, 0.2) is 0 Å². The predicted octanol–water partition coefficient (Wildman–Crippen LogP) is 1.08. The molecule has 0 saturated carbocycles. The van der Waals surface area contributed by atoms with Gasteiger partial charge in [0.2, 0.25) is 0 Å². The van der Waals surface area contributed by atoms with E-state index < -0.39 is 0 Å². The first-order chi connectivity index (χ1) is 7.26. The largest absolute Gasteiger partial charge is 0.392 e. The van der Waals surface area contributed by atoms with Gasteiger partial charge in [-0.3, -0.25) is 0 Å². The summed E-state index contributed by atoms with van der Waals surface area (Å²) in [5, 5.41) is 12.8. The summed E-state index contributed by atoms with van der Waals surface area (Å²) in [5.41, 5.74) is 0. The van der Waals surface area contributed by atoms with E-state index in [1.807, 2.05) is 6.92 Å². The van der Waals surface area contributed by atoms with Crippen LogP contribution in [0.5, 0.6) is 0 Å². The molecule has 1 heterocycles. The zero-order valence-electron chi connectivity index (χ0n) is 10.2. The molecule has 3 heteroatoms. The fourth-order valence-electron chi connectivity index (χ4n) is 2.11. The molecule has 1 unspecified atom stereocenters. The monoisotopic (exact) mass is 214 g/mol. The quantitative estimate of drug-likeness (QED) is 0.694. The van der Waals surface area contributed by atoms with Gasteiger partial charge in [0.05, 0.1) is 6.10 Å². The molecule has 3 nitrogen and oxygen atoms in total. The van der Waals surface area contributed by atoms with E-state index in [4.69, 9.17) is 0 Å². The van der Waals surface area contributed by atoms with Gasteiger partial charge < -0.3 is 15.3 Å². The van der Waals surface area contributed by atoms with Crippen LogP contribution in [0, 0.1) is 5.92 Å². The molecule has 0 aromatic rings. The molecule has 1 rings (SSSR count). The summed E-state index contributed by atoms with van der Waals surface area (Å²) in [6.45, 7) is 9.77. The lowest BCUT2D eigenvalue weighted by molar-refractivity contribution is 0.156. The highest BCUT2D eigenvalue weighted by Crippen LogP contribution is 2.15. The van der Waals surface area contributed by atoms with Gasteiger partial charge in [-0.05, 0) is 51.4 Å². The van der Waals surface area contributed by atoms with E-state index >= 15 is 0 Å². The molecule has 0 aromatic heterocycles. The van der Waals surface area contributed by atoms with Gasteiger partial charge in [-0.1, -0.05) is 13.8 Å². The van der Waals surface area contributed by atoms with E-state index in [2.05, 4.69) is 17.1 Å². The Morgan fingerprint density at radius 3 is 2.53 bits per heavy atom. The molecule has 15 heavy (non-hydrogen) atoms. The number of nitrogens with one attached hydrogen (secondary N) is 1. The first kappa shape index (κ1) is 12.9. The molecule has 0 aromatic carbocycles. The van der Waals surface area contributed by atoms with Crippen molar-refractivity contribution in [3.63, 3.8) is 0 Å². The minimum absolute atomic E-state index is 0.166. The van der Waals surface area contributed by atoms with Crippen molar-refractivity contribution < 1.29 is 5.11 Å². The minimum Gasteiger partial charge on any atom is -0.392 e. The minimum atomic E-state index is -0.166. The zero-order chi connectivity index (χ0) is 11.1. The first-order valence-electron chi connectivity index (χ1n) is 6.37. The third-order valence-electron chi connectivity index (χ3n) is 3.44. The maximum atomic E-state index is 9.40. The van der Waals surface area contributed by atoms with E-state index in [1.54, 1.807) is 0 Å². The Morgan fingerprint density at radius 2 is 2.00 bits per heavy atom. The van der Waals surface area contributed by atoms with Crippen molar-refractivity contribution in [3.8, 4) is 0 Å². The molecular formula is C12H26N2O. The molecule has 0 amide bonds. The lowest BCUT2D eigenvalue weighted by Gasteiger charge is -2.31. The number of piperidine rings is 1. The molecule has 1 saturated heterocycles. The highest BCUT2D eigenvalue weighted by molar-refractivity contribution is 4.73. The van der Waals surface area contributed by atoms with Crippen molar-refractivity contribution in [2.45, 2.75) is 39.2 Å². The Morgan fingerprint density at radius 1 is 1.33 bits per heavy atom. The van der Waals surface area contributed by atoms with Gasteiger partial charge in [0.25, 0.3) is 0 Å². The van der Waals surface area contributed by atoms with Crippen LogP contribution in [-0.2, 0) is 0 Å². The summed E-state index contributed by atoms with van der Waals surface area (Å²) in [7, 11) is 0. The summed E-state index contributed by atoms with van der Waals surface area (Å²) in [4.78, 5) is 2.51. The first-order valence-corrected chi connectivity index (χ1v) is 6.37. The summed E-state index contributed by atoms with van der Waals surface area (Å²) in [6, 6.07) is 0. The van der Waals surface area contributed by atoms with Gasteiger partial charge in [0.1, 0.15) is 0 Å². The standard InChI is InChI=1S/C12H26N2O/c1-3-12(15)10-13-9-11-5-7-14(4-2)8-6-11/h11-13,15H,3-10H2,1-2H3. The normalized spacial score (nSPS) is 21.8. The predicted molar refractivity (Wildman–Crippen MR) is 64.0 cm³/mol. The number of hydrogen-bond donors (Lipinski definition) is 2. The maximum Gasteiger partial charge on any atom is 0.0662 e. The van der Waals surface area contributed by atoms with Gasteiger partial charge in [-0.15, -0.1) is 0 Å². The number of hydrogen-bond acceptors (Lipinski definition) is 3. The lowest BCUT2D eigenvalue weighted by atomic mass is 9.97. The molecule has 0 radical (unpaired) electrons. The zero-order valence-corrected chi connectivity index (χ0v) is 10.2. The number of likely N-dealkylation sites (tertiary alicyclic amines) is 1. The number of rotatable bonds is 6. The van der Waals surface area contributed by atoms with Gasteiger partial charge >= 0.3 is 0 Å². The van der Waals surface area contributed by atoms with Crippen molar-refractivity contribution in [3.05, 3.63) is 0 Å². The third kappa shape index (κ3) is 4.96. The van der Waals surface area contributed by atoms with Gasteiger partial charge in [-0.2, -0.15) is 0 Å². The summed E-state index contributed by atoms with van der Waals surface area (Å²) < 4.78 is 0. The smallest absolute Gasteiger partial charge is 0.0662 e.